The van der Waals surface area contributed by atoms with Crippen molar-refractivity contribution in [2.75, 3.05) is 11.9 Å². The average Bonchev–Trinajstić information content (AvgIpc) is 3.36. The van der Waals surface area contributed by atoms with E-state index in [2.05, 4.69) is 46.5 Å². The fraction of sp³-hybridized carbons (Fsp3) is 0.318. The fourth-order valence-corrected chi connectivity index (χ4v) is 5.22. The molecule has 0 bridgehead atoms. The first-order chi connectivity index (χ1) is 13.8. The van der Waals surface area contributed by atoms with Crippen LogP contribution in [0.3, 0.4) is 0 Å². The predicted molar refractivity (Wildman–Crippen MR) is 115 cm³/mol. The number of anilines is 1. The smallest absolute Gasteiger partial charge is 0.147 e. The monoisotopic (exact) mass is 390 g/mol. The molecule has 5 nitrogen and oxygen atoms in total. The van der Waals surface area contributed by atoms with Crippen LogP contribution in [0.25, 0.3) is 31.7 Å². The van der Waals surface area contributed by atoms with Gasteiger partial charge in [0, 0.05) is 10.9 Å². The highest BCUT2D eigenvalue weighted by atomic mass is 32.1. The van der Waals surface area contributed by atoms with E-state index in [-0.39, 0.29) is 12.6 Å². The Kier molecular flexibility index (Phi) is 4.45. The van der Waals surface area contributed by atoms with Crippen molar-refractivity contribution in [3.8, 4) is 11.3 Å². The standard InChI is InChI=1S/C22H22N4OS/c1-2-14(11-27)25-21-20-19(23-12-24-21)17-15-9-6-10-16(15)18(26-22(17)28-20)13-7-4-3-5-8-13/h3-5,7-8,12,14,27H,2,6,9-11H2,1H3,(H,23,24,25). The Labute approximate surface area is 167 Å². The van der Waals surface area contributed by atoms with Gasteiger partial charge in [0.1, 0.15) is 17.0 Å². The van der Waals surface area contributed by atoms with Crippen LogP contribution in [-0.2, 0) is 12.8 Å². The summed E-state index contributed by atoms with van der Waals surface area (Å²) in [5.41, 5.74) is 6.03. The zero-order valence-electron chi connectivity index (χ0n) is 15.8. The lowest BCUT2D eigenvalue weighted by atomic mass is 10.0. The lowest BCUT2D eigenvalue weighted by Gasteiger charge is -2.14. The number of nitrogens with one attached hydrogen (secondary N) is 1. The molecule has 5 rings (SSSR count). The molecule has 0 fully saturated rings. The molecule has 0 amide bonds. The second-order valence-electron chi connectivity index (χ2n) is 7.25. The average molecular weight is 391 g/mol. The van der Waals surface area contributed by atoms with Crippen LogP contribution in [0.5, 0.6) is 0 Å². The molecule has 28 heavy (non-hydrogen) atoms. The van der Waals surface area contributed by atoms with Crippen molar-refractivity contribution in [2.24, 2.45) is 0 Å². The topological polar surface area (TPSA) is 70.9 Å². The molecule has 3 aromatic heterocycles. The lowest BCUT2D eigenvalue weighted by Crippen LogP contribution is -2.23. The first-order valence-corrected chi connectivity index (χ1v) is 10.6. The highest BCUT2D eigenvalue weighted by Crippen LogP contribution is 2.43. The molecule has 0 saturated carbocycles. The molecule has 0 saturated heterocycles. The zero-order valence-corrected chi connectivity index (χ0v) is 16.6. The Morgan fingerprint density at radius 1 is 1.14 bits per heavy atom. The van der Waals surface area contributed by atoms with Gasteiger partial charge >= 0.3 is 0 Å². The summed E-state index contributed by atoms with van der Waals surface area (Å²) < 4.78 is 1.02. The molecular weight excluding hydrogens is 368 g/mol. The number of nitrogens with zero attached hydrogens (tertiary/aromatic N) is 3. The molecule has 1 unspecified atom stereocenters. The Morgan fingerprint density at radius 3 is 2.75 bits per heavy atom. The van der Waals surface area contributed by atoms with Gasteiger partial charge in [-0.1, -0.05) is 37.3 Å². The fourth-order valence-electron chi connectivity index (χ4n) is 4.11. The van der Waals surface area contributed by atoms with E-state index >= 15 is 0 Å². The van der Waals surface area contributed by atoms with Crippen LogP contribution < -0.4 is 5.32 Å². The highest BCUT2D eigenvalue weighted by Gasteiger charge is 2.25. The third kappa shape index (κ3) is 2.75. The van der Waals surface area contributed by atoms with E-state index in [0.29, 0.717) is 0 Å². The molecule has 6 heteroatoms. The molecule has 1 aromatic carbocycles. The number of hydrogen-bond donors (Lipinski definition) is 2. The molecule has 0 spiro atoms. The maximum absolute atomic E-state index is 9.57. The molecular formula is C22H22N4OS. The lowest BCUT2D eigenvalue weighted by molar-refractivity contribution is 0.271. The van der Waals surface area contributed by atoms with E-state index in [1.165, 1.54) is 22.1 Å². The van der Waals surface area contributed by atoms with Gasteiger partial charge in [0.25, 0.3) is 0 Å². The summed E-state index contributed by atoms with van der Waals surface area (Å²) in [7, 11) is 0. The van der Waals surface area contributed by atoms with E-state index in [0.717, 1.165) is 52.2 Å². The number of hydrogen-bond acceptors (Lipinski definition) is 6. The SMILES string of the molecule is CCC(CO)Nc1ncnc2c1sc1nc(-c3ccccc3)c3c(c12)CCC3. The Morgan fingerprint density at radius 2 is 1.96 bits per heavy atom. The number of aliphatic hydroxyl groups is 1. The minimum atomic E-state index is -0.0122. The quantitative estimate of drug-likeness (QED) is 0.522. The van der Waals surface area contributed by atoms with Crippen molar-refractivity contribution in [2.45, 2.75) is 38.6 Å². The molecule has 3 heterocycles. The van der Waals surface area contributed by atoms with E-state index in [4.69, 9.17) is 4.98 Å². The zero-order chi connectivity index (χ0) is 19.1. The summed E-state index contributed by atoms with van der Waals surface area (Å²) in [5.74, 6) is 0.793. The number of fused-ring (bicyclic) bond motifs is 5. The van der Waals surface area contributed by atoms with Crippen molar-refractivity contribution in [1.82, 2.24) is 15.0 Å². The van der Waals surface area contributed by atoms with E-state index < -0.39 is 0 Å². The van der Waals surface area contributed by atoms with Crippen molar-refractivity contribution in [3.05, 3.63) is 47.8 Å². The summed E-state index contributed by atoms with van der Waals surface area (Å²) in [6, 6.07) is 10.4. The van der Waals surface area contributed by atoms with Crippen LogP contribution >= 0.6 is 11.3 Å². The van der Waals surface area contributed by atoms with Gasteiger partial charge in [-0.05, 0) is 36.8 Å². The molecule has 1 aliphatic carbocycles. The van der Waals surface area contributed by atoms with Crippen molar-refractivity contribution >= 4 is 37.6 Å². The number of benzene rings is 1. The van der Waals surface area contributed by atoms with Crippen LogP contribution in [0.15, 0.2) is 36.7 Å². The summed E-state index contributed by atoms with van der Waals surface area (Å²) in [4.78, 5) is 15.2. The first kappa shape index (κ1) is 17.5. The van der Waals surface area contributed by atoms with Gasteiger partial charge in [0.15, 0.2) is 0 Å². The molecule has 4 aromatic rings. The van der Waals surface area contributed by atoms with Crippen LogP contribution in [0.1, 0.15) is 30.9 Å². The number of rotatable bonds is 5. The van der Waals surface area contributed by atoms with Crippen LogP contribution in [-0.4, -0.2) is 32.7 Å². The number of thiophene rings is 1. The second kappa shape index (κ2) is 7.11. The minimum Gasteiger partial charge on any atom is -0.394 e. The van der Waals surface area contributed by atoms with Gasteiger partial charge in [-0.15, -0.1) is 11.3 Å². The third-order valence-corrected chi connectivity index (χ3v) is 6.65. The second-order valence-corrected chi connectivity index (χ2v) is 8.25. The molecule has 1 aliphatic rings. The summed E-state index contributed by atoms with van der Waals surface area (Å²) in [5, 5.41) is 14.1. The minimum absolute atomic E-state index is 0.0122. The van der Waals surface area contributed by atoms with Gasteiger partial charge in [-0.25, -0.2) is 15.0 Å². The maximum Gasteiger partial charge on any atom is 0.147 e. The number of aromatic nitrogens is 3. The number of aliphatic hydroxyl groups excluding tert-OH is 1. The highest BCUT2D eigenvalue weighted by molar-refractivity contribution is 7.26. The summed E-state index contributed by atoms with van der Waals surface area (Å²) in [6.45, 7) is 2.14. The van der Waals surface area contributed by atoms with Gasteiger partial charge in [0.2, 0.25) is 0 Å². The summed E-state index contributed by atoms with van der Waals surface area (Å²) >= 11 is 1.65. The van der Waals surface area contributed by atoms with Gasteiger partial charge in [-0.3, -0.25) is 0 Å². The van der Waals surface area contributed by atoms with Crippen LogP contribution in [0.2, 0.25) is 0 Å². The van der Waals surface area contributed by atoms with E-state index in [1.54, 1.807) is 17.7 Å². The van der Waals surface area contributed by atoms with E-state index in [1.807, 2.05) is 6.07 Å². The first-order valence-electron chi connectivity index (χ1n) is 9.82. The van der Waals surface area contributed by atoms with Crippen molar-refractivity contribution < 1.29 is 5.11 Å². The molecule has 1 atom stereocenters. The van der Waals surface area contributed by atoms with Crippen molar-refractivity contribution in [3.63, 3.8) is 0 Å². The largest absolute Gasteiger partial charge is 0.394 e. The number of aryl methyl sites for hydroxylation is 1. The predicted octanol–water partition coefficient (Wildman–Crippen LogP) is 4.58. The molecule has 0 aliphatic heterocycles. The Hall–Kier alpha value is -2.57. The Bertz CT molecular complexity index is 1150. The molecule has 0 radical (unpaired) electrons. The third-order valence-electron chi connectivity index (χ3n) is 5.57. The normalized spacial score (nSPS) is 14.5. The van der Waals surface area contributed by atoms with Crippen LogP contribution in [0.4, 0.5) is 5.82 Å². The van der Waals surface area contributed by atoms with Crippen molar-refractivity contribution in [1.29, 1.82) is 0 Å². The molecule has 2 N–H and O–H groups in total. The maximum atomic E-state index is 9.57. The number of pyridine rings is 1. The Balaban J connectivity index is 1.76. The van der Waals surface area contributed by atoms with Gasteiger partial charge in [0.05, 0.1) is 28.6 Å². The molecule has 142 valence electrons. The van der Waals surface area contributed by atoms with Gasteiger partial charge in [-0.2, -0.15) is 0 Å². The van der Waals surface area contributed by atoms with E-state index in [9.17, 15) is 5.11 Å². The van der Waals surface area contributed by atoms with Gasteiger partial charge < -0.3 is 10.4 Å². The summed E-state index contributed by atoms with van der Waals surface area (Å²) in [6.07, 6.45) is 5.75. The van der Waals surface area contributed by atoms with Crippen LogP contribution in [0, 0.1) is 0 Å².